The lowest BCUT2D eigenvalue weighted by molar-refractivity contribution is -0.153. The SMILES string of the molecule is CNC(=O)NC(=O)[C@@H](C)OC(=O)CNC(=O)c1sc2ccccc2c1Cl. The Bertz CT molecular complexity index is 867. The van der Waals surface area contributed by atoms with E-state index in [9.17, 15) is 19.2 Å². The molecule has 26 heavy (non-hydrogen) atoms. The van der Waals surface area contributed by atoms with Crippen molar-refractivity contribution >= 4 is 56.8 Å². The quantitative estimate of drug-likeness (QED) is 0.664. The Morgan fingerprint density at radius 1 is 1.23 bits per heavy atom. The minimum atomic E-state index is -1.19. The molecule has 138 valence electrons. The number of halogens is 1. The summed E-state index contributed by atoms with van der Waals surface area (Å²) < 4.78 is 5.71. The topological polar surface area (TPSA) is 114 Å². The lowest BCUT2D eigenvalue weighted by atomic mass is 10.2. The second-order valence-corrected chi connectivity index (χ2v) is 6.55. The molecule has 0 saturated heterocycles. The third-order valence-electron chi connectivity index (χ3n) is 3.28. The summed E-state index contributed by atoms with van der Waals surface area (Å²) in [4.78, 5) is 46.9. The number of thiophene rings is 1. The zero-order valence-corrected chi connectivity index (χ0v) is 15.5. The van der Waals surface area contributed by atoms with E-state index in [0.29, 0.717) is 5.02 Å². The second kappa shape index (κ2) is 8.63. The molecule has 0 fully saturated rings. The number of nitrogens with one attached hydrogen (secondary N) is 3. The van der Waals surface area contributed by atoms with Gasteiger partial charge in [-0.1, -0.05) is 29.8 Å². The Labute approximate surface area is 157 Å². The van der Waals surface area contributed by atoms with Gasteiger partial charge in [0.2, 0.25) is 0 Å². The molecule has 0 spiro atoms. The maximum atomic E-state index is 12.2. The number of carbonyl (C=O) groups is 4. The number of benzene rings is 1. The van der Waals surface area contributed by atoms with Crippen molar-refractivity contribution in [3.05, 3.63) is 34.2 Å². The lowest BCUT2D eigenvalue weighted by Crippen LogP contribution is -2.44. The van der Waals surface area contributed by atoms with Crippen LogP contribution in [0.3, 0.4) is 0 Å². The van der Waals surface area contributed by atoms with Gasteiger partial charge in [-0.2, -0.15) is 0 Å². The molecule has 1 atom stereocenters. The number of carbonyl (C=O) groups excluding carboxylic acids is 4. The van der Waals surface area contributed by atoms with Crippen molar-refractivity contribution in [1.29, 1.82) is 0 Å². The van der Waals surface area contributed by atoms with E-state index in [0.717, 1.165) is 10.1 Å². The summed E-state index contributed by atoms with van der Waals surface area (Å²) in [6.07, 6.45) is -1.19. The average molecular weight is 398 g/mol. The number of hydrogen-bond donors (Lipinski definition) is 3. The fourth-order valence-electron chi connectivity index (χ4n) is 1.96. The van der Waals surface area contributed by atoms with Gasteiger partial charge in [-0.15, -0.1) is 11.3 Å². The van der Waals surface area contributed by atoms with Crippen molar-refractivity contribution in [1.82, 2.24) is 16.0 Å². The van der Waals surface area contributed by atoms with Crippen LogP contribution in [0.1, 0.15) is 16.6 Å². The summed E-state index contributed by atoms with van der Waals surface area (Å²) in [6.45, 7) is 0.863. The summed E-state index contributed by atoms with van der Waals surface area (Å²) >= 11 is 7.41. The van der Waals surface area contributed by atoms with Crippen LogP contribution in [-0.4, -0.2) is 43.5 Å². The zero-order valence-electron chi connectivity index (χ0n) is 13.9. The maximum absolute atomic E-state index is 12.2. The molecule has 1 aromatic heterocycles. The highest BCUT2D eigenvalue weighted by molar-refractivity contribution is 7.21. The zero-order chi connectivity index (χ0) is 19.3. The highest BCUT2D eigenvalue weighted by atomic mass is 35.5. The number of imide groups is 1. The van der Waals surface area contributed by atoms with E-state index in [4.69, 9.17) is 16.3 Å². The minimum absolute atomic E-state index is 0.283. The Morgan fingerprint density at radius 3 is 2.58 bits per heavy atom. The lowest BCUT2D eigenvalue weighted by Gasteiger charge is -2.12. The highest BCUT2D eigenvalue weighted by Crippen LogP contribution is 2.34. The molecule has 2 aromatic rings. The van der Waals surface area contributed by atoms with E-state index < -0.39 is 36.5 Å². The summed E-state index contributed by atoms with van der Waals surface area (Å²) in [7, 11) is 1.34. The molecule has 0 aliphatic rings. The fraction of sp³-hybridized carbons (Fsp3) is 0.250. The third kappa shape index (κ3) is 4.70. The van der Waals surface area contributed by atoms with E-state index in [1.807, 2.05) is 23.5 Å². The Kier molecular flexibility index (Phi) is 6.53. The van der Waals surface area contributed by atoms with Crippen molar-refractivity contribution in [2.45, 2.75) is 13.0 Å². The number of ether oxygens (including phenoxy) is 1. The summed E-state index contributed by atoms with van der Waals surface area (Å²) in [6, 6.07) is 6.56. The summed E-state index contributed by atoms with van der Waals surface area (Å²) in [5.74, 6) is -2.12. The molecule has 0 unspecified atom stereocenters. The van der Waals surface area contributed by atoms with Crippen molar-refractivity contribution in [3.63, 3.8) is 0 Å². The first-order valence-electron chi connectivity index (χ1n) is 7.50. The summed E-state index contributed by atoms with van der Waals surface area (Å²) in [5, 5.41) is 7.65. The molecule has 4 amide bonds. The van der Waals surface area contributed by atoms with Crippen LogP contribution < -0.4 is 16.0 Å². The molecule has 0 saturated carbocycles. The molecule has 0 bridgehead atoms. The van der Waals surface area contributed by atoms with Crippen LogP contribution in [0.2, 0.25) is 5.02 Å². The summed E-state index contributed by atoms with van der Waals surface area (Å²) in [5.41, 5.74) is 0. The molecule has 3 N–H and O–H groups in total. The van der Waals surface area contributed by atoms with E-state index in [1.54, 1.807) is 6.07 Å². The van der Waals surface area contributed by atoms with Gasteiger partial charge in [-0.05, 0) is 13.0 Å². The van der Waals surface area contributed by atoms with Crippen LogP contribution in [-0.2, 0) is 14.3 Å². The van der Waals surface area contributed by atoms with Gasteiger partial charge in [0, 0.05) is 17.1 Å². The predicted molar refractivity (Wildman–Crippen MR) is 97.3 cm³/mol. The van der Waals surface area contributed by atoms with Gasteiger partial charge < -0.3 is 15.4 Å². The number of fused-ring (bicyclic) bond motifs is 1. The largest absolute Gasteiger partial charge is 0.451 e. The van der Waals surface area contributed by atoms with Gasteiger partial charge in [0.25, 0.3) is 11.8 Å². The van der Waals surface area contributed by atoms with Gasteiger partial charge in [0.05, 0.1) is 5.02 Å². The van der Waals surface area contributed by atoms with Crippen molar-refractivity contribution in [2.75, 3.05) is 13.6 Å². The molecule has 0 radical (unpaired) electrons. The average Bonchev–Trinajstić information content (AvgIpc) is 2.96. The molecule has 1 heterocycles. The standard InChI is InChI=1S/C16H16ClN3O5S/c1-8(14(22)20-16(24)18-2)25-11(21)7-19-15(23)13-12(17)9-5-3-4-6-10(9)26-13/h3-6,8H,7H2,1-2H3,(H,19,23)(H2,18,20,22,24)/t8-/m1/s1. The van der Waals surface area contributed by atoms with Crippen LogP contribution in [0.4, 0.5) is 4.79 Å². The highest BCUT2D eigenvalue weighted by Gasteiger charge is 2.21. The van der Waals surface area contributed by atoms with Gasteiger partial charge >= 0.3 is 12.0 Å². The molecular weight excluding hydrogens is 382 g/mol. The van der Waals surface area contributed by atoms with E-state index in [-0.39, 0.29) is 4.88 Å². The van der Waals surface area contributed by atoms with Crippen molar-refractivity contribution in [3.8, 4) is 0 Å². The first-order chi connectivity index (χ1) is 12.3. The molecule has 10 heteroatoms. The number of rotatable bonds is 5. The Hall–Kier alpha value is -2.65. The molecular formula is C16H16ClN3O5S. The van der Waals surface area contributed by atoms with Gasteiger partial charge in [0.1, 0.15) is 11.4 Å². The van der Waals surface area contributed by atoms with E-state index in [2.05, 4.69) is 10.6 Å². The molecule has 8 nitrogen and oxygen atoms in total. The number of urea groups is 1. The fourth-order valence-corrected chi connectivity index (χ4v) is 3.39. The van der Waals surface area contributed by atoms with Crippen LogP contribution in [0.15, 0.2) is 24.3 Å². The normalized spacial score (nSPS) is 11.5. The second-order valence-electron chi connectivity index (χ2n) is 5.12. The van der Waals surface area contributed by atoms with Crippen LogP contribution >= 0.6 is 22.9 Å². The number of hydrogen-bond acceptors (Lipinski definition) is 6. The first-order valence-corrected chi connectivity index (χ1v) is 8.70. The van der Waals surface area contributed by atoms with Gasteiger partial charge in [-0.3, -0.25) is 19.7 Å². The smallest absolute Gasteiger partial charge is 0.326 e. The first kappa shape index (κ1) is 19.7. The Balaban J connectivity index is 1.90. The molecule has 0 aliphatic carbocycles. The van der Waals surface area contributed by atoms with Crippen molar-refractivity contribution < 1.29 is 23.9 Å². The molecule has 1 aromatic carbocycles. The van der Waals surface area contributed by atoms with Crippen LogP contribution in [0.25, 0.3) is 10.1 Å². The number of amides is 4. The minimum Gasteiger partial charge on any atom is -0.451 e. The number of esters is 1. The molecule has 2 rings (SSSR count). The van der Waals surface area contributed by atoms with E-state index >= 15 is 0 Å². The van der Waals surface area contributed by atoms with Crippen molar-refractivity contribution in [2.24, 2.45) is 0 Å². The monoisotopic (exact) mass is 397 g/mol. The van der Waals surface area contributed by atoms with Crippen LogP contribution in [0, 0.1) is 0 Å². The van der Waals surface area contributed by atoms with Gasteiger partial charge in [0.15, 0.2) is 6.10 Å². The maximum Gasteiger partial charge on any atom is 0.326 e. The third-order valence-corrected chi connectivity index (χ3v) is 4.95. The molecule has 0 aliphatic heterocycles. The van der Waals surface area contributed by atoms with E-state index in [1.165, 1.54) is 25.3 Å². The van der Waals surface area contributed by atoms with Gasteiger partial charge in [-0.25, -0.2) is 4.79 Å². The Morgan fingerprint density at radius 2 is 1.92 bits per heavy atom. The van der Waals surface area contributed by atoms with Crippen LogP contribution in [0.5, 0.6) is 0 Å². The predicted octanol–water partition coefficient (Wildman–Crippen LogP) is 1.67.